The van der Waals surface area contributed by atoms with Gasteiger partial charge in [0.25, 0.3) is 5.91 Å². The number of carbonyl (C=O) groups is 4. The Morgan fingerprint density at radius 1 is 1.21 bits per heavy atom. The summed E-state index contributed by atoms with van der Waals surface area (Å²) < 4.78 is 34.3. The van der Waals surface area contributed by atoms with E-state index < -0.39 is 42.1 Å². The maximum atomic E-state index is 15.7. The molecule has 12 nitrogen and oxygen atoms in total. The number of Topliss-reactive ketones (excluding diaryl/α,β-unsaturated/α-hetero) is 1. The summed E-state index contributed by atoms with van der Waals surface area (Å²) in [5, 5.41) is 7.99. The standard InChI is InChI=1S/C33H44FN5O7.ClH/c1-18(40)45-21(16-39(4,5)6)11-29(42)46-30-10-20(17-44-30)36-24-13-26(23(34)12-22(24)32(35)43)38-27-14-33(2,3)15-28(41)31(27)25(37-38)9-19-7-8-19;/h12-13,19-21,30H,7-11,14-17H2,1-6H3,(H2-,35,36,43);1H. The highest BCUT2D eigenvalue weighted by Gasteiger charge is 2.39. The summed E-state index contributed by atoms with van der Waals surface area (Å²) in [7, 11) is 5.77. The largest absolute Gasteiger partial charge is 1.00 e. The Morgan fingerprint density at radius 2 is 1.91 bits per heavy atom. The van der Waals surface area contributed by atoms with Crippen LogP contribution < -0.4 is 23.5 Å². The van der Waals surface area contributed by atoms with E-state index in [9.17, 15) is 19.2 Å². The molecule has 14 heteroatoms. The van der Waals surface area contributed by atoms with Gasteiger partial charge in [-0.3, -0.25) is 19.2 Å². The van der Waals surface area contributed by atoms with Crippen LogP contribution in [0.15, 0.2) is 12.1 Å². The van der Waals surface area contributed by atoms with Crippen LogP contribution in [0.1, 0.15) is 85.0 Å². The van der Waals surface area contributed by atoms with Crippen molar-refractivity contribution in [1.29, 1.82) is 0 Å². The smallest absolute Gasteiger partial charge is 0.312 e. The second-order valence-electron chi connectivity index (χ2n) is 14.7. The van der Waals surface area contributed by atoms with Crippen LogP contribution in [0.3, 0.4) is 0 Å². The van der Waals surface area contributed by atoms with E-state index in [-0.39, 0.29) is 60.0 Å². The molecule has 2 aromatic rings. The van der Waals surface area contributed by atoms with Crippen LogP contribution >= 0.6 is 0 Å². The van der Waals surface area contributed by atoms with Crippen LogP contribution in [-0.4, -0.2) is 90.6 Å². The number of benzene rings is 1. The number of nitrogens with two attached hydrogens (primary N) is 1. The Hall–Kier alpha value is -3.55. The van der Waals surface area contributed by atoms with Crippen LogP contribution in [0, 0.1) is 17.2 Å². The number of nitrogens with one attached hydrogen (secondary N) is 1. The first kappa shape index (κ1) is 36.3. The van der Waals surface area contributed by atoms with Crippen LogP contribution in [0.25, 0.3) is 5.69 Å². The van der Waals surface area contributed by atoms with Gasteiger partial charge in [0.1, 0.15) is 18.0 Å². The highest BCUT2D eigenvalue weighted by Crippen LogP contribution is 2.41. The Labute approximate surface area is 280 Å². The number of hydrogen-bond donors (Lipinski definition) is 2. The van der Waals surface area contributed by atoms with Crippen molar-refractivity contribution in [2.24, 2.45) is 17.1 Å². The molecule has 3 unspecified atom stereocenters. The van der Waals surface area contributed by atoms with E-state index in [1.165, 1.54) is 17.7 Å². The third kappa shape index (κ3) is 9.08. The number of anilines is 1. The number of primary amides is 1. The van der Waals surface area contributed by atoms with Crippen molar-refractivity contribution >= 4 is 29.3 Å². The molecule has 0 bridgehead atoms. The van der Waals surface area contributed by atoms with Crippen molar-refractivity contribution in [1.82, 2.24) is 9.78 Å². The molecule has 47 heavy (non-hydrogen) atoms. The van der Waals surface area contributed by atoms with Crippen LogP contribution in [-0.2, 0) is 36.6 Å². The molecule has 0 radical (unpaired) electrons. The third-order valence-corrected chi connectivity index (χ3v) is 8.44. The molecule has 1 saturated heterocycles. The zero-order valence-corrected chi connectivity index (χ0v) is 28.6. The lowest BCUT2D eigenvalue weighted by Crippen LogP contribution is -3.00. The van der Waals surface area contributed by atoms with Gasteiger partial charge in [0.2, 0.25) is 6.29 Å². The number of rotatable bonds is 12. The lowest BCUT2D eigenvalue weighted by molar-refractivity contribution is -0.873. The Kier molecular flexibility index (Phi) is 10.7. The molecule has 5 rings (SSSR count). The number of likely N-dealkylation sites (N-methyl/N-ethyl adjacent to an activating group) is 1. The molecule has 2 heterocycles. The molecule has 1 saturated carbocycles. The highest BCUT2D eigenvalue weighted by molar-refractivity contribution is 6.00. The second-order valence-corrected chi connectivity index (χ2v) is 14.7. The van der Waals surface area contributed by atoms with Crippen molar-refractivity contribution in [2.45, 2.75) is 84.2 Å². The summed E-state index contributed by atoms with van der Waals surface area (Å²) in [5.74, 6) is -2.08. The number of amides is 1. The number of esters is 2. The van der Waals surface area contributed by atoms with E-state index in [0.717, 1.165) is 18.9 Å². The normalized spacial score (nSPS) is 21.0. The maximum absolute atomic E-state index is 15.7. The average molecular weight is 678 g/mol. The first-order valence-electron chi connectivity index (χ1n) is 15.8. The summed E-state index contributed by atoms with van der Waals surface area (Å²) in [5.41, 5.74) is 7.60. The first-order valence-corrected chi connectivity index (χ1v) is 15.8. The Balaban J connectivity index is 0.00000500. The first-order chi connectivity index (χ1) is 21.5. The van der Waals surface area contributed by atoms with Gasteiger partial charge in [-0.1, -0.05) is 13.8 Å². The van der Waals surface area contributed by atoms with Gasteiger partial charge >= 0.3 is 11.9 Å². The number of ketones is 1. The van der Waals surface area contributed by atoms with Crippen molar-refractivity contribution in [3.05, 3.63) is 40.5 Å². The number of nitrogens with zero attached hydrogens (tertiary/aromatic N) is 3. The van der Waals surface area contributed by atoms with Gasteiger partial charge in [-0.2, -0.15) is 5.10 Å². The van der Waals surface area contributed by atoms with Crippen molar-refractivity contribution < 1.29 is 54.7 Å². The zero-order valence-electron chi connectivity index (χ0n) is 27.9. The van der Waals surface area contributed by atoms with E-state index in [2.05, 4.69) is 5.32 Å². The Morgan fingerprint density at radius 3 is 2.53 bits per heavy atom. The molecule has 1 amide bonds. The van der Waals surface area contributed by atoms with Gasteiger partial charge in [0.05, 0.1) is 62.7 Å². The van der Waals surface area contributed by atoms with Crippen molar-refractivity contribution in [3.63, 3.8) is 0 Å². The number of halogens is 2. The summed E-state index contributed by atoms with van der Waals surface area (Å²) in [6.07, 6.45) is 2.36. The lowest BCUT2D eigenvalue weighted by atomic mass is 9.75. The summed E-state index contributed by atoms with van der Waals surface area (Å²) in [6.45, 7) is 5.87. The fourth-order valence-electron chi connectivity index (χ4n) is 6.38. The Bertz CT molecular complexity index is 1550. The molecular weight excluding hydrogens is 633 g/mol. The zero-order chi connectivity index (χ0) is 33.6. The van der Waals surface area contributed by atoms with Crippen LogP contribution in [0.5, 0.6) is 0 Å². The van der Waals surface area contributed by atoms with Gasteiger partial charge < -0.3 is 42.2 Å². The van der Waals surface area contributed by atoms with Gasteiger partial charge in [-0.15, -0.1) is 0 Å². The summed E-state index contributed by atoms with van der Waals surface area (Å²) in [6, 6.07) is 2.17. The van der Waals surface area contributed by atoms with Gasteiger partial charge in [0, 0.05) is 25.5 Å². The quantitative estimate of drug-likeness (QED) is 0.239. The minimum absolute atomic E-state index is 0. The van der Waals surface area contributed by atoms with Crippen LogP contribution in [0.2, 0.25) is 0 Å². The molecule has 2 aliphatic carbocycles. The molecule has 1 aromatic heterocycles. The highest BCUT2D eigenvalue weighted by atomic mass is 35.5. The second kappa shape index (κ2) is 13.9. The molecule has 3 N–H and O–H groups in total. The number of quaternary nitrogens is 1. The number of hydrogen-bond acceptors (Lipinski definition) is 9. The summed E-state index contributed by atoms with van der Waals surface area (Å²) >= 11 is 0. The third-order valence-electron chi connectivity index (χ3n) is 8.44. The predicted octanol–water partition coefficient (Wildman–Crippen LogP) is 0.320. The monoisotopic (exact) mass is 677 g/mol. The minimum Gasteiger partial charge on any atom is -1.00 e. The van der Waals surface area contributed by atoms with Crippen molar-refractivity contribution in [3.8, 4) is 5.69 Å². The molecule has 0 spiro atoms. The van der Waals surface area contributed by atoms with E-state index in [4.69, 9.17) is 25.0 Å². The molecule has 258 valence electrons. The minimum atomic E-state index is -0.875. The maximum Gasteiger partial charge on any atom is 0.312 e. The number of carbonyl (C=O) groups excluding carboxylic acids is 4. The van der Waals surface area contributed by atoms with Gasteiger partial charge in [-0.05, 0) is 49.1 Å². The van der Waals surface area contributed by atoms with E-state index in [1.807, 2.05) is 35.0 Å². The predicted molar refractivity (Wildman–Crippen MR) is 166 cm³/mol. The van der Waals surface area contributed by atoms with E-state index in [1.54, 1.807) is 0 Å². The number of fused-ring (bicyclic) bond motifs is 1. The van der Waals surface area contributed by atoms with E-state index >= 15 is 4.39 Å². The van der Waals surface area contributed by atoms with E-state index in [0.29, 0.717) is 53.2 Å². The van der Waals surface area contributed by atoms with Crippen LogP contribution in [0.4, 0.5) is 10.1 Å². The lowest BCUT2D eigenvalue weighted by Gasteiger charge is -2.29. The fourth-order valence-corrected chi connectivity index (χ4v) is 6.38. The molecule has 3 aliphatic rings. The molecule has 1 aliphatic heterocycles. The molecule has 2 fully saturated rings. The summed E-state index contributed by atoms with van der Waals surface area (Å²) in [4.78, 5) is 50.0. The SMILES string of the molecule is CC(=O)OC(CC(=O)OC1CC(Nc2cc(-n3nc(CC4CC4)c4c3CC(C)(C)CC4=O)c(F)cc2C(N)=O)CO1)C[N+](C)(C)C.[Cl-]. The fraction of sp³-hybridized carbons (Fsp3) is 0.606. The topological polar surface area (TPSA) is 152 Å². The van der Waals surface area contributed by atoms with Gasteiger partial charge in [-0.25, -0.2) is 9.07 Å². The average Bonchev–Trinajstić information content (AvgIpc) is 3.50. The van der Waals surface area contributed by atoms with Gasteiger partial charge in [0.15, 0.2) is 11.9 Å². The molecule has 3 atom stereocenters. The molecular formula is C33H45ClFN5O7. The number of aromatic nitrogens is 2. The van der Waals surface area contributed by atoms with Crippen molar-refractivity contribution in [2.75, 3.05) is 39.6 Å². The number of ether oxygens (including phenoxy) is 3. The molecule has 1 aromatic carbocycles.